The maximum absolute atomic E-state index is 14.0. The van der Waals surface area contributed by atoms with E-state index in [1.54, 1.807) is 19.2 Å². The van der Waals surface area contributed by atoms with Crippen molar-refractivity contribution in [3.63, 3.8) is 0 Å². The third-order valence-corrected chi connectivity index (χ3v) is 6.22. The molecule has 4 rings (SSSR count). The molecule has 34 heavy (non-hydrogen) atoms. The van der Waals surface area contributed by atoms with E-state index in [0.29, 0.717) is 6.61 Å². The van der Waals surface area contributed by atoms with Crippen LogP contribution in [0.15, 0.2) is 78.9 Å². The first-order valence-corrected chi connectivity index (χ1v) is 11.5. The highest BCUT2D eigenvalue weighted by molar-refractivity contribution is 5.65. The van der Waals surface area contributed by atoms with Gasteiger partial charge in [0.15, 0.2) is 0 Å². The Balaban J connectivity index is 1.64. The second-order valence-electron chi connectivity index (χ2n) is 8.45. The molecule has 0 unspecified atom stereocenters. The lowest BCUT2D eigenvalue weighted by molar-refractivity contribution is -0.137. The summed E-state index contributed by atoms with van der Waals surface area (Å²) >= 11 is 0. The summed E-state index contributed by atoms with van der Waals surface area (Å²) in [6.07, 6.45) is -4.46. The van der Waals surface area contributed by atoms with Crippen molar-refractivity contribution in [3.05, 3.63) is 95.6 Å². The van der Waals surface area contributed by atoms with Gasteiger partial charge in [-0.1, -0.05) is 60.7 Å². The van der Waals surface area contributed by atoms with Crippen LogP contribution in [0.25, 0.3) is 0 Å². The Morgan fingerprint density at radius 1 is 0.853 bits per heavy atom. The van der Waals surface area contributed by atoms with Crippen LogP contribution in [0.3, 0.4) is 0 Å². The molecular formula is C27H30F3N3O. The molecule has 1 fully saturated rings. The fraction of sp³-hybridized carbons (Fsp3) is 0.333. The van der Waals surface area contributed by atoms with E-state index in [1.807, 2.05) is 60.7 Å². The minimum absolute atomic E-state index is 0.0875. The molecule has 0 aliphatic carbocycles. The fourth-order valence-corrected chi connectivity index (χ4v) is 4.35. The van der Waals surface area contributed by atoms with Crippen LogP contribution in [0.4, 0.5) is 24.5 Å². The molecule has 0 saturated carbocycles. The molecule has 0 spiro atoms. The van der Waals surface area contributed by atoms with Crippen LogP contribution in [0.2, 0.25) is 0 Å². The summed E-state index contributed by atoms with van der Waals surface area (Å²) in [6, 6.07) is 23.1. The highest BCUT2D eigenvalue weighted by Crippen LogP contribution is 2.39. The fourth-order valence-electron chi connectivity index (χ4n) is 4.35. The summed E-state index contributed by atoms with van der Waals surface area (Å²) in [4.78, 5) is 4.46. The summed E-state index contributed by atoms with van der Waals surface area (Å²) in [5, 5.41) is 3.23. The van der Waals surface area contributed by atoms with Gasteiger partial charge in [0.2, 0.25) is 0 Å². The van der Waals surface area contributed by atoms with E-state index >= 15 is 0 Å². The number of nitrogens with one attached hydrogen (secondary N) is 1. The van der Waals surface area contributed by atoms with Crippen LogP contribution in [-0.2, 0) is 10.9 Å². The molecule has 3 aromatic rings. The van der Waals surface area contributed by atoms with Gasteiger partial charge in [0.05, 0.1) is 18.2 Å². The van der Waals surface area contributed by atoms with Crippen molar-refractivity contribution in [1.82, 2.24) is 4.90 Å². The van der Waals surface area contributed by atoms with E-state index in [0.717, 1.165) is 49.5 Å². The molecular weight excluding hydrogens is 439 g/mol. The van der Waals surface area contributed by atoms with Crippen molar-refractivity contribution in [2.45, 2.75) is 12.2 Å². The van der Waals surface area contributed by atoms with Gasteiger partial charge in [0.25, 0.3) is 0 Å². The zero-order valence-electron chi connectivity index (χ0n) is 19.3. The average Bonchev–Trinajstić information content (AvgIpc) is 2.86. The average molecular weight is 470 g/mol. The Bertz CT molecular complexity index is 996. The number of hydrogen-bond donors (Lipinski definition) is 1. The van der Waals surface area contributed by atoms with Gasteiger partial charge in [-0.2, -0.15) is 13.2 Å². The van der Waals surface area contributed by atoms with Crippen molar-refractivity contribution in [3.8, 4) is 0 Å². The molecule has 4 nitrogen and oxygen atoms in total. The number of alkyl halides is 3. The molecule has 0 amide bonds. The van der Waals surface area contributed by atoms with Gasteiger partial charge < -0.3 is 15.0 Å². The minimum Gasteiger partial charge on any atom is -0.383 e. The van der Waals surface area contributed by atoms with Crippen LogP contribution in [0.5, 0.6) is 0 Å². The monoisotopic (exact) mass is 469 g/mol. The Kier molecular flexibility index (Phi) is 7.75. The van der Waals surface area contributed by atoms with Crippen LogP contribution in [0, 0.1) is 0 Å². The number of halogens is 3. The lowest BCUT2D eigenvalue weighted by Gasteiger charge is -2.36. The Hall–Kier alpha value is -3.03. The zero-order chi connectivity index (χ0) is 24.0. The van der Waals surface area contributed by atoms with Gasteiger partial charge in [0, 0.05) is 51.2 Å². The first kappa shape index (κ1) is 24.1. The van der Waals surface area contributed by atoms with E-state index < -0.39 is 17.8 Å². The van der Waals surface area contributed by atoms with Gasteiger partial charge in [-0.3, -0.25) is 4.90 Å². The first-order valence-electron chi connectivity index (χ1n) is 11.5. The summed E-state index contributed by atoms with van der Waals surface area (Å²) in [5.41, 5.74) is 2.02. The summed E-state index contributed by atoms with van der Waals surface area (Å²) < 4.78 is 47.1. The lowest BCUT2D eigenvalue weighted by atomic mass is 9.97. The zero-order valence-corrected chi connectivity index (χ0v) is 19.3. The SMILES string of the molecule is COCCN1CCN(c2ccc(C(F)(F)F)c(NC(c3ccccc3)c3ccccc3)c2)CC1. The number of methoxy groups -OCH3 is 1. The molecule has 1 heterocycles. The maximum atomic E-state index is 14.0. The number of hydrogen-bond acceptors (Lipinski definition) is 4. The molecule has 0 radical (unpaired) electrons. The Labute approximate surface area is 199 Å². The molecule has 0 bridgehead atoms. The summed E-state index contributed by atoms with van der Waals surface area (Å²) in [6.45, 7) is 4.76. The van der Waals surface area contributed by atoms with E-state index in [9.17, 15) is 13.2 Å². The number of nitrogens with zero attached hydrogens (tertiary/aromatic N) is 2. The van der Waals surface area contributed by atoms with Crippen LogP contribution in [0.1, 0.15) is 22.7 Å². The molecule has 1 N–H and O–H groups in total. The molecule has 0 aromatic heterocycles. The van der Waals surface area contributed by atoms with Crippen molar-refractivity contribution in [1.29, 1.82) is 0 Å². The van der Waals surface area contributed by atoms with Crippen LogP contribution < -0.4 is 10.2 Å². The molecule has 180 valence electrons. The quantitative estimate of drug-likeness (QED) is 0.460. The molecule has 1 aliphatic heterocycles. The normalized spacial score (nSPS) is 15.0. The number of benzene rings is 3. The van der Waals surface area contributed by atoms with Gasteiger partial charge in [-0.15, -0.1) is 0 Å². The number of ether oxygens (including phenoxy) is 1. The first-order chi connectivity index (χ1) is 16.5. The summed E-state index contributed by atoms with van der Waals surface area (Å²) in [7, 11) is 1.69. The van der Waals surface area contributed by atoms with Gasteiger partial charge >= 0.3 is 6.18 Å². The van der Waals surface area contributed by atoms with Crippen LogP contribution >= 0.6 is 0 Å². The standard InChI is InChI=1S/C27H30F3N3O/c1-34-19-18-32-14-16-33(17-15-32)23-12-13-24(27(28,29)30)25(20-23)31-26(21-8-4-2-5-9-21)22-10-6-3-7-11-22/h2-13,20,26,31H,14-19H2,1H3. The van der Waals surface area contributed by atoms with Gasteiger partial charge in [-0.05, 0) is 29.3 Å². The van der Waals surface area contributed by atoms with Crippen molar-refractivity contribution in [2.75, 3.05) is 56.7 Å². The van der Waals surface area contributed by atoms with Crippen LogP contribution in [-0.4, -0.2) is 51.3 Å². The number of anilines is 2. The van der Waals surface area contributed by atoms with E-state index in [4.69, 9.17) is 4.74 Å². The second kappa shape index (κ2) is 10.9. The summed E-state index contributed by atoms with van der Waals surface area (Å²) in [5.74, 6) is 0. The number of rotatable bonds is 8. The smallest absolute Gasteiger partial charge is 0.383 e. The predicted octanol–water partition coefficient (Wildman–Crippen LogP) is 5.68. The third kappa shape index (κ3) is 5.90. The van der Waals surface area contributed by atoms with Gasteiger partial charge in [0.1, 0.15) is 0 Å². The third-order valence-electron chi connectivity index (χ3n) is 6.22. The Morgan fingerprint density at radius 3 is 1.97 bits per heavy atom. The van der Waals surface area contributed by atoms with E-state index in [1.165, 1.54) is 6.07 Å². The van der Waals surface area contributed by atoms with Gasteiger partial charge in [-0.25, -0.2) is 0 Å². The largest absolute Gasteiger partial charge is 0.418 e. The molecule has 3 aromatic carbocycles. The highest BCUT2D eigenvalue weighted by Gasteiger charge is 2.35. The lowest BCUT2D eigenvalue weighted by Crippen LogP contribution is -2.47. The van der Waals surface area contributed by atoms with E-state index in [2.05, 4.69) is 15.1 Å². The molecule has 1 aliphatic rings. The maximum Gasteiger partial charge on any atom is 0.418 e. The van der Waals surface area contributed by atoms with Crippen molar-refractivity contribution < 1.29 is 17.9 Å². The molecule has 0 atom stereocenters. The molecule has 7 heteroatoms. The minimum atomic E-state index is -4.46. The van der Waals surface area contributed by atoms with E-state index in [-0.39, 0.29) is 5.69 Å². The molecule has 1 saturated heterocycles. The Morgan fingerprint density at radius 2 is 1.44 bits per heavy atom. The second-order valence-corrected chi connectivity index (χ2v) is 8.45. The predicted molar refractivity (Wildman–Crippen MR) is 130 cm³/mol. The van der Waals surface area contributed by atoms with Crippen molar-refractivity contribution >= 4 is 11.4 Å². The van der Waals surface area contributed by atoms with Crippen molar-refractivity contribution in [2.24, 2.45) is 0 Å². The highest BCUT2D eigenvalue weighted by atomic mass is 19.4. The number of piperazine rings is 1. The topological polar surface area (TPSA) is 27.7 Å².